The summed E-state index contributed by atoms with van der Waals surface area (Å²) in [4.78, 5) is 6.92. The topological polar surface area (TPSA) is 41.3 Å². The molecule has 0 saturated heterocycles. The molecule has 1 aliphatic rings. The molecule has 3 aromatic rings. The van der Waals surface area contributed by atoms with Crippen molar-refractivity contribution >= 4 is 16.6 Å². The second-order valence-corrected chi connectivity index (χ2v) is 6.17. The molecule has 1 aliphatic heterocycles. The summed E-state index contributed by atoms with van der Waals surface area (Å²) in [5, 5.41) is 9.63. The first-order valence-electron chi connectivity index (χ1n) is 8.37. The van der Waals surface area contributed by atoms with Gasteiger partial charge in [-0.25, -0.2) is 4.98 Å². The molecular weight excluding hydrogens is 298 g/mol. The van der Waals surface area contributed by atoms with Crippen LogP contribution < -0.4 is 0 Å². The maximum absolute atomic E-state index is 9.63. The summed E-state index contributed by atoms with van der Waals surface area (Å²) in [6, 6.07) is 18.7. The average Bonchev–Trinajstić information content (AvgIpc) is 3.01. The minimum atomic E-state index is -0.0341. The third kappa shape index (κ3) is 2.86. The molecule has 0 saturated carbocycles. The van der Waals surface area contributed by atoms with Gasteiger partial charge in [0.15, 0.2) is 0 Å². The number of rotatable bonds is 4. The molecule has 0 atom stereocenters. The Balaban J connectivity index is 1.54. The number of aliphatic hydroxyl groups is 1. The Bertz CT molecular complexity index is 867. The molecule has 2 heterocycles. The van der Waals surface area contributed by atoms with Crippen LogP contribution in [0.25, 0.3) is 16.6 Å². The quantitative estimate of drug-likeness (QED) is 0.802. The molecule has 122 valence electrons. The molecule has 1 aromatic heterocycles. The van der Waals surface area contributed by atoms with Crippen LogP contribution in [-0.2, 0) is 13.3 Å². The van der Waals surface area contributed by atoms with Crippen molar-refractivity contribution in [1.82, 2.24) is 14.5 Å². The summed E-state index contributed by atoms with van der Waals surface area (Å²) in [6.07, 6.45) is 3.36. The van der Waals surface area contributed by atoms with Gasteiger partial charge < -0.3 is 9.67 Å². The number of fused-ring (bicyclic) bond motifs is 1. The Hall–Kier alpha value is -2.43. The number of hydrogen-bond acceptors (Lipinski definition) is 3. The van der Waals surface area contributed by atoms with E-state index in [0.717, 1.165) is 43.0 Å². The zero-order valence-electron chi connectivity index (χ0n) is 13.6. The minimum absolute atomic E-state index is 0.0341. The van der Waals surface area contributed by atoms with Gasteiger partial charge in [-0.3, -0.25) is 4.90 Å². The smallest absolute Gasteiger partial charge is 0.136 e. The summed E-state index contributed by atoms with van der Waals surface area (Å²) in [6.45, 7) is 2.66. The Labute approximate surface area is 141 Å². The molecule has 0 aliphatic carbocycles. The predicted molar refractivity (Wildman–Crippen MR) is 96.3 cm³/mol. The minimum Gasteiger partial charge on any atom is -0.388 e. The normalized spacial score (nSPS) is 15.6. The van der Waals surface area contributed by atoms with Crippen LogP contribution in [0.5, 0.6) is 0 Å². The molecule has 2 aromatic carbocycles. The highest BCUT2D eigenvalue weighted by molar-refractivity contribution is 5.75. The fraction of sp³-hybridized carbons (Fsp3) is 0.250. The van der Waals surface area contributed by atoms with Gasteiger partial charge in [0.05, 0.1) is 17.7 Å². The van der Waals surface area contributed by atoms with Crippen molar-refractivity contribution in [2.24, 2.45) is 0 Å². The van der Waals surface area contributed by atoms with Crippen LogP contribution in [0, 0.1) is 0 Å². The number of benzene rings is 2. The average molecular weight is 319 g/mol. The van der Waals surface area contributed by atoms with E-state index in [2.05, 4.69) is 56.9 Å². The van der Waals surface area contributed by atoms with Crippen LogP contribution >= 0.6 is 0 Å². The van der Waals surface area contributed by atoms with E-state index in [1.165, 1.54) is 11.1 Å². The van der Waals surface area contributed by atoms with Crippen LogP contribution in [0.4, 0.5) is 0 Å². The maximum Gasteiger partial charge on any atom is 0.136 e. The summed E-state index contributed by atoms with van der Waals surface area (Å²) in [5.41, 5.74) is 4.77. The van der Waals surface area contributed by atoms with E-state index < -0.39 is 0 Å². The molecule has 1 N–H and O–H groups in total. The molecule has 4 nitrogen and oxygen atoms in total. The van der Waals surface area contributed by atoms with E-state index in [-0.39, 0.29) is 6.61 Å². The van der Waals surface area contributed by atoms with Gasteiger partial charge in [0.25, 0.3) is 0 Å². The first-order valence-corrected chi connectivity index (χ1v) is 8.37. The monoisotopic (exact) mass is 319 g/mol. The van der Waals surface area contributed by atoms with E-state index >= 15 is 0 Å². The maximum atomic E-state index is 9.63. The Morgan fingerprint density at radius 2 is 1.79 bits per heavy atom. The highest BCUT2D eigenvalue weighted by Crippen LogP contribution is 2.23. The van der Waals surface area contributed by atoms with Gasteiger partial charge >= 0.3 is 0 Å². The zero-order valence-corrected chi connectivity index (χ0v) is 13.6. The largest absolute Gasteiger partial charge is 0.388 e. The van der Waals surface area contributed by atoms with Crippen LogP contribution in [0.15, 0.2) is 60.7 Å². The molecular formula is C20H21N3O. The summed E-state index contributed by atoms with van der Waals surface area (Å²) in [5.74, 6) is 0.731. The third-order valence-electron chi connectivity index (χ3n) is 4.65. The van der Waals surface area contributed by atoms with Gasteiger partial charge in [-0.15, -0.1) is 0 Å². The fourth-order valence-electron chi connectivity index (χ4n) is 3.36. The molecule has 0 radical (unpaired) electrons. The van der Waals surface area contributed by atoms with Crippen molar-refractivity contribution < 1.29 is 5.11 Å². The molecule has 0 amide bonds. The standard InChI is InChI=1S/C20H21N3O/c24-14-20-21-18-8-4-5-9-19(18)23(20)15-22-12-10-17(11-13-22)16-6-2-1-3-7-16/h1-10,24H,11-15H2. The summed E-state index contributed by atoms with van der Waals surface area (Å²) >= 11 is 0. The first-order chi connectivity index (χ1) is 11.8. The second kappa shape index (κ2) is 6.59. The SMILES string of the molecule is OCc1nc2ccccc2n1CN1CC=C(c2ccccc2)CC1. The van der Waals surface area contributed by atoms with Gasteiger partial charge in [0.1, 0.15) is 12.4 Å². The van der Waals surface area contributed by atoms with Crippen LogP contribution in [-0.4, -0.2) is 32.6 Å². The lowest BCUT2D eigenvalue weighted by atomic mass is 10.00. The number of imidazole rings is 1. The van der Waals surface area contributed by atoms with Crippen LogP contribution in [0.1, 0.15) is 17.8 Å². The molecule has 0 bridgehead atoms. The first kappa shape index (κ1) is 15.1. The van der Waals surface area contributed by atoms with E-state index in [9.17, 15) is 5.11 Å². The Morgan fingerprint density at radius 1 is 1.00 bits per heavy atom. The Morgan fingerprint density at radius 3 is 2.54 bits per heavy atom. The van der Waals surface area contributed by atoms with Crippen molar-refractivity contribution in [1.29, 1.82) is 0 Å². The number of aliphatic hydroxyl groups excluding tert-OH is 1. The van der Waals surface area contributed by atoms with Crippen molar-refractivity contribution in [2.75, 3.05) is 13.1 Å². The van der Waals surface area contributed by atoms with E-state index in [4.69, 9.17) is 0 Å². The lowest BCUT2D eigenvalue weighted by Gasteiger charge is -2.27. The molecule has 0 fully saturated rings. The predicted octanol–water partition coefficient (Wildman–Crippen LogP) is 3.28. The molecule has 4 rings (SSSR count). The van der Waals surface area contributed by atoms with Gasteiger partial charge in [-0.05, 0) is 29.7 Å². The van der Waals surface area contributed by atoms with Crippen molar-refractivity contribution in [2.45, 2.75) is 19.7 Å². The zero-order chi connectivity index (χ0) is 16.4. The van der Waals surface area contributed by atoms with E-state index in [1.807, 2.05) is 18.2 Å². The van der Waals surface area contributed by atoms with E-state index in [1.54, 1.807) is 0 Å². The molecule has 4 heteroatoms. The lowest BCUT2D eigenvalue weighted by molar-refractivity contribution is 0.220. The number of nitrogens with zero attached hydrogens (tertiary/aromatic N) is 3. The number of para-hydroxylation sites is 2. The van der Waals surface area contributed by atoms with Crippen molar-refractivity contribution in [3.05, 3.63) is 72.1 Å². The lowest BCUT2D eigenvalue weighted by Crippen LogP contribution is -2.31. The number of hydrogen-bond donors (Lipinski definition) is 1. The summed E-state index contributed by atoms with van der Waals surface area (Å²) < 4.78 is 2.12. The van der Waals surface area contributed by atoms with Gasteiger partial charge in [0, 0.05) is 13.1 Å². The fourth-order valence-corrected chi connectivity index (χ4v) is 3.36. The van der Waals surface area contributed by atoms with Crippen molar-refractivity contribution in [3.63, 3.8) is 0 Å². The number of aromatic nitrogens is 2. The highest BCUT2D eigenvalue weighted by atomic mass is 16.3. The molecule has 0 spiro atoms. The summed E-state index contributed by atoms with van der Waals surface area (Å²) in [7, 11) is 0. The van der Waals surface area contributed by atoms with Crippen LogP contribution in [0.2, 0.25) is 0 Å². The second-order valence-electron chi connectivity index (χ2n) is 6.17. The molecule has 24 heavy (non-hydrogen) atoms. The van der Waals surface area contributed by atoms with Gasteiger partial charge in [-0.1, -0.05) is 48.5 Å². The van der Waals surface area contributed by atoms with Gasteiger partial charge in [-0.2, -0.15) is 0 Å². The van der Waals surface area contributed by atoms with E-state index in [0.29, 0.717) is 0 Å². The van der Waals surface area contributed by atoms with Gasteiger partial charge in [0.2, 0.25) is 0 Å². The third-order valence-corrected chi connectivity index (χ3v) is 4.65. The van der Waals surface area contributed by atoms with Crippen LogP contribution in [0.3, 0.4) is 0 Å². The highest BCUT2D eigenvalue weighted by Gasteiger charge is 2.16. The van der Waals surface area contributed by atoms with Crippen molar-refractivity contribution in [3.8, 4) is 0 Å². The molecule has 0 unspecified atom stereocenters. The Kier molecular flexibility index (Phi) is 4.15.